The molecule has 1 rings (SSSR count). The Morgan fingerprint density at radius 2 is 2.00 bits per heavy atom. The van der Waals surface area contributed by atoms with Crippen LogP contribution in [0.2, 0.25) is 0 Å². The average molecular weight is 286 g/mol. The summed E-state index contributed by atoms with van der Waals surface area (Å²) in [6, 6.07) is 0.122. The number of amides is 1. The molecule has 0 aliphatic heterocycles. The van der Waals surface area contributed by atoms with Crippen molar-refractivity contribution in [2.24, 2.45) is 16.6 Å². The molecule has 0 aromatic rings. The highest BCUT2D eigenvalue weighted by Gasteiger charge is 2.51. The minimum absolute atomic E-state index is 0.0439. The van der Waals surface area contributed by atoms with E-state index >= 15 is 0 Å². The van der Waals surface area contributed by atoms with E-state index < -0.39 is 5.41 Å². The molecule has 1 amide bonds. The van der Waals surface area contributed by atoms with Crippen molar-refractivity contribution in [2.45, 2.75) is 59.1 Å². The number of methoxy groups -OCH3 is 1. The van der Waals surface area contributed by atoms with Gasteiger partial charge < -0.3 is 15.8 Å². The summed E-state index contributed by atoms with van der Waals surface area (Å²) in [4.78, 5) is 12.8. The quantitative estimate of drug-likeness (QED) is 0.733. The zero-order valence-corrected chi connectivity index (χ0v) is 13.4. The fourth-order valence-electron chi connectivity index (χ4n) is 2.86. The third-order valence-electron chi connectivity index (χ3n) is 4.88. The number of thiocarbonyl (C=S) groups is 1. The van der Waals surface area contributed by atoms with Crippen molar-refractivity contribution in [3.05, 3.63) is 0 Å². The third-order valence-corrected chi connectivity index (χ3v) is 5.27. The van der Waals surface area contributed by atoms with Crippen LogP contribution in [0.4, 0.5) is 0 Å². The number of hydrogen-bond acceptors (Lipinski definition) is 3. The fraction of sp³-hybridized carbons (Fsp3) is 0.857. The molecule has 1 aliphatic carbocycles. The Hall–Kier alpha value is -0.680. The second kappa shape index (κ2) is 5.75. The summed E-state index contributed by atoms with van der Waals surface area (Å²) in [7, 11) is 1.71. The lowest BCUT2D eigenvalue weighted by atomic mass is 9.64. The first-order chi connectivity index (χ1) is 8.76. The Labute approximate surface area is 121 Å². The highest BCUT2D eigenvalue weighted by atomic mass is 32.1. The number of carbonyl (C=O) groups is 1. The maximum absolute atomic E-state index is 12.5. The first-order valence-corrected chi connectivity index (χ1v) is 7.30. The maximum atomic E-state index is 12.5. The molecule has 2 atom stereocenters. The van der Waals surface area contributed by atoms with Crippen molar-refractivity contribution in [2.75, 3.05) is 7.11 Å². The summed E-state index contributed by atoms with van der Waals surface area (Å²) in [5.74, 6) is -0.0439. The molecule has 5 heteroatoms. The van der Waals surface area contributed by atoms with Gasteiger partial charge in [-0.3, -0.25) is 4.79 Å². The standard InChI is InChI=1S/C14H26N2O2S/c1-6-14(7-2,11(15)19)12(17)16-9-8-10(18-5)13(9,3)4/h9-10H,6-8H2,1-5H3,(H2,15,19)(H,16,17). The lowest BCUT2D eigenvalue weighted by Crippen LogP contribution is -2.64. The lowest BCUT2D eigenvalue weighted by Gasteiger charge is -2.52. The molecule has 1 aliphatic rings. The Kier molecular flexibility index (Phi) is 4.96. The van der Waals surface area contributed by atoms with Crippen molar-refractivity contribution in [1.29, 1.82) is 0 Å². The molecule has 110 valence electrons. The van der Waals surface area contributed by atoms with E-state index in [0.717, 1.165) is 6.42 Å². The summed E-state index contributed by atoms with van der Waals surface area (Å²) in [5.41, 5.74) is 5.03. The molecule has 1 fully saturated rings. The van der Waals surface area contributed by atoms with Gasteiger partial charge in [0.1, 0.15) is 0 Å². The van der Waals surface area contributed by atoms with E-state index in [1.807, 2.05) is 13.8 Å². The number of ether oxygens (including phenoxy) is 1. The largest absolute Gasteiger partial charge is 0.392 e. The van der Waals surface area contributed by atoms with Gasteiger partial charge in [-0.1, -0.05) is 39.9 Å². The van der Waals surface area contributed by atoms with Crippen LogP contribution >= 0.6 is 12.2 Å². The van der Waals surface area contributed by atoms with Crippen LogP contribution in [0.1, 0.15) is 47.0 Å². The van der Waals surface area contributed by atoms with Gasteiger partial charge in [0.05, 0.1) is 16.5 Å². The van der Waals surface area contributed by atoms with Crippen molar-refractivity contribution in [1.82, 2.24) is 5.32 Å². The lowest BCUT2D eigenvalue weighted by molar-refractivity contribution is -0.138. The first-order valence-electron chi connectivity index (χ1n) is 6.89. The SMILES string of the molecule is CCC(CC)(C(=O)NC1CC(OC)C1(C)C)C(N)=S. The minimum Gasteiger partial charge on any atom is -0.392 e. The van der Waals surface area contributed by atoms with E-state index in [2.05, 4.69) is 19.2 Å². The van der Waals surface area contributed by atoms with Gasteiger partial charge in [0.2, 0.25) is 5.91 Å². The van der Waals surface area contributed by atoms with E-state index in [1.165, 1.54) is 0 Å². The van der Waals surface area contributed by atoms with E-state index in [4.69, 9.17) is 22.7 Å². The van der Waals surface area contributed by atoms with Crippen LogP contribution < -0.4 is 11.1 Å². The third kappa shape index (κ3) is 2.63. The van der Waals surface area contributed by atoms with E-state index in [-0.39, 0.29) is 28.5 Å². The van der Waals surface area contributed by atoms with E-state index in [1.54, 1.807) is 7.11 Å². The molecule has 2 unspecified atom stereocenters. The van der Waals surface area contributed by atoms with Crippen molar-refractivity contribution < 1.29 is 9.53 Å². The van der Waals surface area contributed by atoms with Crippen molar-refractivity contribution in [3.63, 3.8) is 0 Å². The van der Waals surface area contributed by atoms with Crippen molar-refractivity contribution in [3.8, 4) is 0 Å². The zero-order chi connectivity index (χ0) is 14.8. The number of nitrogens with one attached hydrogen (secondary N) is 1. The molecule has 0 saturated heterocycles. The Morgan fingerprint density at radius 3 is 2.32 bits per heavy atom. The summed E-state index contributed by atoms with van der Waals surface area (Å²) >= 11 is 5.11. The zero-order valence-electron chi connectivity index (χ0n) is 12.6. The molecule has 3 N–H and O–H groups in total. The van der Waals surface area contributed by atoms with Gasteiger partial charge in [0.25, 0.3) is 0 Å². The minimum atomic E-state index is -0.719. The van der Waals surface area contributed by atoms with Crippen LogP contribution in [0.15, 0.2) is 0 Å². The molecule has 0 spiro atoms. The Bertz CT molecular complexity index is 364. The molecule has 1 saturated carbocycles. The number of hydrogen-bond donors (Lipinski definition) is 2. The van der Waals surface area contributed by atoms with Gasteiger partial charge in [0, 0.05) is 18.6 Å². The highest BCUT2D eigenvalue weighted by molar-refractivity contribution is 7.80. The number of carbonyl (C=O) groups excluding carboxylic acids is 1. The summed E-state index contributed by atoms with van der Waals surface area (Å²) in [6.45, 7) is 8.12. The van der Waals surface area contributed by atoms with Gasteiger partial charge >= 0.3 is 0 Å². The molecular formula is C14H26N2O2S. The smallest absolute Gasteiger partial charge is 0.233 e. The van der Waals surface area contributed by atoms with Crippen LogP contribution in [0.5, 0.6) is 0 Å². The monoisotopic (exact) mass is 286 g/mol. The van der Waals surface area contributed by atoms with Crippen molar-refractivity contribution >= 4 is 23.1 Å². The van der Waals surface area contributed by atoms with Gasteiger partial charge in [-0.2, -0.15) is 0 Å². The number of rotatable bonds is 6. The van der Waals surface area contributed by atoms with Gasteiger partial charge in [-0.05, 0) is 19.3 Å². The Morgan fingerprint density at radius 1 is 1.47 bits per heavy atom. The normalized spacial score (nSPS) is 25.5. The van der Waals surface area contributed by atoms with Crippen LogP contribution in [0, 0.1) is 10.8 Å². The maximum Gasteiger partial charge on any atom is 0.233 e. The topological polar surface area (TPSA) is 64.3 Å². The summed E-state index contributed by atoms with van der Waals surface area (Å²) < 4.78 is 5.40. The molecular weight excluding hydrogens is 260 g/mol. The van der Waals surface area contributed by atoms with E-state index in [9.17, 15) is 4.79 Å². The fourth-order valence-corrected chi connectivity index (χ4v) is 3.24. The van der Waals surface area contributed by atoms with Crippen LogP contribution in [0.3, 0.4) is 0 Å². The average Bonchev–Trinajstić information content (AvgIpc) is 2.35. The Balaban J connectivity index is 2.78. The molecule has 0 aromatic heterocycles. The molecule has 0 radical (unpaired) electrons. The number of nitrogens with two attached hydrogens (primary N) is 1. The van der Waals surface area contributed by atoms with Crippen LogP contribution in [-0.4, -0.2) is 30.2 Å². The molecule has 19 heavy (non-hydrogen) atoms. The highest BCUT2D eigenvalue weighted by Crippen LogP contribution is 2.43. The van der Waals surface area contributed by atoms with Gasteiger partial charge in [0.15, 0.2) is 0 Å². The molecule has 4 nitrogen and oxygen atoms in total. The van der Waals surface area contributed by atoms with Crippen LogP contribution in [-0.2, 0) is 9.53 Å². The predicted molar refractivity (Wildman–Crippen MR) is 80.9 cm³/mol. The predicted octanol–water partition coefficient (Wildman–Crippen LogP) is 2.01. The second-order valence-electron chi connectivity index (χ2n) is 5.96. The summed E-state index contributed by atoms with van der Waals surface area (Å²) in [5, 5.41) is 3.11. The molecule has 0 heterocycles. The van der Waals surface area contributed by atoms with E-state index in [0.29, 0.717) is 12.8 Å². The molecule has 0 bridgehead atoms. The van der Waals surface area contributed by atoms with Gasteiger partial charge in [-0.25, -0.2) is 0 Å². The van der Waals surface area contributed by atoms with Crippen LogP contribution in [0.25, 0.3) is 0 Å². The van der Waals surface area contributed by atoms with Gasteiger partial charge in [-0.15, -0.1) is 0 Å². The molecule has 0 aromatic carbocycles. The second-order valence-corrected chi connectivity index (χ2v) is 6.40. The summed E-state index contributed by atoms with van der Waals surface area (Å²) in [6.07, 6.45) is 2.30. The first kappa shape index (κ1) is 16.4.